The highest BCUT2D eigenvalue weighted by atomic mass is 16.7. The predicted octanol–water partition coefficient (Wildman–Crippen LogP) is 0.883. The minimum atomic E-state index is 0.0308. The maximum Gasteiger partial charge on any atom is 0.231 e. The molecule has 0 unspecified atom stereocenters. The molecule has 0 spiro atoms. The fraction of sp³-hybridized carbons (Fsp3) is 0.333. The Morgan fingerprint density at radius 3 is 1.79 bits per heavy atom. The summed E-state index contributed by atoms with van der Waals surface area (Å²) in [4.78, 5) is 0. The molecule has 0 saturated carbocycles. The van der Waals surface area contributed by atoms with Crippen LogP contribution in [0.4, 0.5) is 0 Å². The first kappa shape index (κ1) is 13.3. The van der Waals surface area contributed by atoms with E-state index < -0.39 is 0 Å². The summed E-state index contributed by atoms with van der Waals surface area (Å²) < 4.78 is 10.6. The first-order valence-electron chi connectivity index (χ1n) is 5.98. The van der Waals surface area contributed by atoms with Crippen LogP contribution in [0.25, 0.3) is 0 Å². The van der Waals surface area contributed by atoms with Gasteiger partial charge in [0.15, 0.2) is 11.5 Å². The SMILES string of the molecule is OCCC#Cc1cc2c(cc1C#CCCO)OCO2. The van der Waals surface area contributed by atoms with E-state index in [-0.39, 0.29) is 20.0 Å². The zero-order valence-corrected chi connectivity index (χ0v) is 10.4. The first-order valence-corrected chi connectivity index (χ1v) is 5.98. The Bertz CT molecular complexity index is 519. The normalized spacial score (nSPS) is 11.3. The van der Waals surface area contributed by atoms with Gasteiger partial charge in [0.05, 0.1) is 13.2 Å². The zero-order chi connectivity index (χ0) is 13.5. The largest absolute Gasteiger partial charge is 0.454 e. The van der Waals surface area contributed by atoms with Gasteiger partial charge in [-0.2, -0.15) is 0 Å². The van der Waals surface area contributed by atoms with Gasteiger partial charge in [0.1, 0.15) is 0 Å². The Labute approximate surface area is 112 Å². The van der Waals surface area contributed by atoms with Crippen LogP contribution in [0.1, 0.15) is 24.0 Å². The molecule has 0 radical (unpaired) electrons. The summed E-state index contributed by atoms with van der Waals surface area (Å²) in [6, 6.07) is 3.57. The summed E-state index contributed by atoms with van der Waals surface area (Å²) in [5.41, 5.74) is 1.48. The van der Waals surface area contributed by atoms with E-state index in [2.05, 4.69) is 23.7 Å². The van der Waals surface area contributed by atoms with E-state index >= 15 is 0 Å². The Morgan fingerprint density at radius 2 is 1.37 bits per heavy atom. The highest BCUT2D eigenvalue weighted by Crippen LogP contribution is 2.34. The molecule has 98 valence electrons. The van der Waals surface area contributed by atoms with Crippen LogP contribution in [0.5, 0.6) is 11.5 Å². The smallest absolute Gasteiger partial charge is 0.231 e. The van der Waals surface area contributed by atoms with E-state index in [1.165, 1.54) is 0 Å². The molecule has 4 nitrogen and oxygen atoms in total. The van der Waals surface area contributed by atoms with E-state index in [1.807, 2.05) is 0 Å². The molecule has 0 aromatic heterocycles. The van der Waals surface area contributed by atoms with Crippen LogP contribution in [0.2, 0.25) is 0 Å². The molecule has 0 saturated heterocycles. The van der Waals surface area contributed by atoms with Gasteiger partial charge in [-0.15, -0.1) is 0 Å². The quantitative estimate of drug-likeness (QED) is 0.773. The Hall–Kier alpha value is -2.14. The molecular weight excluding hydrogens is 244 g/mol. The van der Waals surface area contributed by atoms with Gasteiger partial charge in [-0.3, -0.25) is 0 Å². The van der Waals surface area contributed by atoms with Crippen LogP contribution in [0, 0.1) is 23.7 Å². The topological polar surface area (TPSA) is 58.9 Å². The van der Waals surface area contributed by atoms with E-state index in [0.717, 1.165) is 11.1 Å². The van der Waals surface area contributed by atoms with E-state index in [1.54, 1.807) is 12.1 Å². The number of hydrogen-bond donors (Lipinski definition) is 2. The van der Waals surface area contributed by atoms with Gasteiger partial charge in [0.25, 0.3) is 0 Å². The number of hydrogen-bond acceptors (Lipinski definition) is 4. The van der Waals surface area contributed by atoms with Gasteiger partial charge in [-0.05, 0) is 0 Å². The second-order valence-electron chi connectivity index (χ2n) is 3.80. The van der Waals surface area contributed by atoms with Crippen molar-refractivity contribution in [1.82, 2.24) is 0 Å². The highest BCUT2D eigenvalue weighted by molar-refractivity contribution is 5.59. The van der Waals surface area contributed by atoms with Crippen molar-refractivity contribution in [2.75, 3.05) is 20.0 Å². The summed E-state index contributed by atoms with van der Waals surface area (Å²) in [6.07, 6.45) is 0.829. The Kier molecular flexibility index (Phi) is 4.69. The van der Waals surface area contributed by atoms with Crippen molar-refractivity contribution < 1.29 is 19.7 Å². The molecule has 0 fully saturated rings. The van der Waals surface area contributed by atoms with Crippen LogP contribution in [-0.4, -0.2) is 30.2 Å². The second kappa shape index (κ2) is 6.70. The maximum absolute atomic E-state index is 8.74. The summed E-state index contributed by atoms with van der Waals surface area (Å²) in [5, 5.41) is 17.5. The lowest BCUT2D eigenvalue weighted by molar-refractivity contribution is 0.174. The zero-order valence-electron chi connectivity index (χ0n) is 10.4. The molecule has 0 bridgehead atoms. The third-order valence-electron chi connectivity index (χ3n) is 2.43. The van der Waals surface area contributed by atoms with Crippen molar-refractivity contribution in [3.05, 3.63) is 23.3 Å². The Balaban J connectivity index is 2.34. The Morgan fingerprint density at radius 1 is 0.895 bits per heavy atom. The van der Waals surface area contributed by atoms with Crippen molar-refractivity contribution in [1.29, 1.82) is 0 Å². The van der Waals surface area contributed by atoms with Crippen molar-refractivity contribution >= 4 is 0 Å². The fourth-order valence-electron chi connectivity index (χ4n) is 1.58. The number of aliphatic hydroxyl groups is 2. The summed E-state index contributed by atoms with van der Waals surface area (Å²) in [6.45, 7) is 0.262. The van der Waals surface area contributed by atoms with Crippen LogP contribution in [-0.2, 0) is 0 Å². The van der Waals surface area contributed by atoms with Crippen molar-refractivity contribution in [3.63, 3.8) is 0 Å². The molecule has 19 heavy (non-hydrogen) atoms. The lowest BCUT2D eigenvalue weighted by Crippen LogP contribution is -1.92. The third-order valence-corrected chi connectivity index (χ3v) is 2.43. The average molecular weight is 258 g/mol. The van der Waals surface area contributed by atoms with Crippen LogP contribution >= 0.6 is 0 Å². The van der Waals surface area contributed by atoms with Gasteiger partial charge in [-0.25, -0.2) is 0 Å². The fourth-order valence-corrected chi connectivity index (χ4v) is 1.58. The molecule has 1 aliphatic rings. The van der Waals surface area contributed by atoms with E-state index in [9.17, 15) is 0 Å². The molecule has 0 aliphatic carbocycles. The molecule has 2 N–H and O–H groups in total. The molecule has 0 amide bonds. The van der Waals surface area contributed by atoms with Gasteiger partial charge < -0.3 is 19.7 Å². The molecule has 1 heterocycles. The predicted molar refractivity (Wildman–Crippen MR) is 69.7 cm³/mol. The monoisotopic (exact) mass is 258 g/mol. The summed E-state index contributed by atoms with van der Waals surface area (Å²) in [7, 11) is 0. The average Bonchev–Trinajstić information content (AvgIpc) is 2.86. The summed E-state index contributed by atoms with van der Waals surface area (Å²) >= 11 is 0. The van der Waals surface area contributed by atoms with Crippen molar-refractivity contribution in [3.8, 4) is 35.2 Å². The van der Waals surface area contributed by atoms with Gasteiger partial charge in [-0.1, -0.05) is 23.7 Å². The first-order chi connectivity index (χ1) is 9.35. The standard InChI is InChI=1S/C15H14O4/c16-7-3-1-5-12-9-14-15(19-11-18-14)10-13(12)6-2-4-8-17/h9-10,16-17H,3-4,7-8,11H2. The van der Waals surface area contributed by atoms with E-state index in [0.29, 0.717) is 24.3 Å². The lowest BCUT2D eigenvalue weighted by atomic mass is 10.1. The van der Waals surface area contributed by atoms with Crippen molar-refractivity contribution in [2.24, 2.45) is 0 Å². The minimum absolute atomic E-state index is 0.0308. The number of ether oxygens (including phenoxy) is 2. The van der Waals surface area contributed by atoms with Gasteiger partial charge in [0.2, 0.25) is 6.79 Å². The van der Waals surface area contributed by atoms with Crippen LogP contribution < -0.4 is 9.47 Å². The van der Waals surface area contributed by atoms with Crippen LogP contribution in [0.3, 0.4) is 0 Å². The molecular formula is C15H14O4. The molecule has 4 heteroatoms. The number of rotatable bonds is 2. The van der Waals surface area contributed by atoms with Gasteiger partial charge >= 0.3 is 0 Å². The molecule has 2 rings (SSSR count). The number of benzene rings is 1. The molecule has 1 aromatic carbocycles. The van der Waals surface area contributed by atoms with Gasteiger partial charge in [0, 0.05) is 36.1 Å². The second-order valence-corrected chi connectivity index (χ2v) is 3.80. The number of aliphatic hydroxyl groups excluding tert-OH is 2. The molecule has 0 atom stereocenters. The maximum atomic E-state index is 8.74. The number of fused-ring (bicyclic) bond motifs is 1. The third kappa shape index (κ3) is 3.42. The molecule has 1 aromatic rings. The summed E-state index contributed by atoms with van der Waals surface area (Å²) in [5.74, 6) is 12.9. The highest BCUT2D eigenvalue weighted by Gasteiger charge is 2.15. The van der Waals surface area contributed by atoms with E-state index in [4.69, 9.17) is 19.7 Å². The van der Waals surface area contributed by atoms with Crippen molar-refractivity contribution in [2.45, 2.75) is 12.8 Å². The lowest BCUT2D eigenvalue weighted by Gasteiger charge is -2.00. The molecule has 1 aliphatic heterocycles. The minimum Gasteiger partial charge on any atom is -0.454 e. The van der Waals surface area contributed by atoms with Crippen LogP contribution in [0.15, 0.2) is 12.1 Å².